The van der Waals surface area contributed by atoms with Crippen molar-refractivity contribution in [1.29, 1.82) is 5.26 Å². The molecule has 3 rings (SSSR count). The minimum absolute atomic E-state index is 0.0750. The first-order chi connectivity index (χ1) is 15.6. The van der Waals surface area contributed by atoms with Crippen LogP contribution in [0.4, 0.5) is 17.6 Å². The highest BCUT2D eigenvalue weighted by atomic mass is 32.2. The van der Waals surface area contributed by atoms with Gasteiger partial charge in [0, 0.05) is 17.7 Å². The van der Waals surface area contributed by atoms with E-state index in [1.807, 2.05) is 6.26 Å². The number of thioether (sulfide) groups is 1. The highest BCUT2D eigenvalue weighted by molar-refractivity contribution is 7.98. The Hall–Kier alpha value is -1.99. The minimum Gasteiger partial charge on any atom is -0.432 e. The van der Waals surface area contributed by atoms with Gasteiger partial charge in [-0.25, -0.2) is 8.78 Å². The first-order valence-electron chi connectivity index (χ1n) is 11.1. The van der Waals surface area contributed by atoms with Gasteiger partial charge >= 0.3 is 6.11 Å². The Morgan fingerprint density at radius 1 is 1.24 bits per heavy atom. The van der Waals surface area contributed by atoms with Crippen molar-refractivity contribution in [2.75, 3.05) is 12.8 Å². The topological polar surface area (TPSA) is 74.2 Å². The predicted molar refractivity (Wildman–Crippen MR) is 117 cm³/mol. The highest BCUT2D eigenvalue weighted by Gasteiger charge is 2.44. The molecule has 0 bridgehead atoms. The number of halogens is 4. The number of rotatable bonds is 12. The van der Waals surface area contributed by atoms with Gasteiger partial charge in [0.25, 0.3) is 0 Å². The molecule has 10 heteroatoms. The van der Waals surface area contributed by atoms with Gasteiger partial charge in [0.1, 0.15) is 17.8 Å². The summed E-state index contributed by atoms with van der Waals surface area (Å²) in [5, 5.41) is 14.3. The number of alkyl halides is 4. The summed E-state index contributed by atoms with van der Waals surface area (Å²) >= 11 is 1.45. The van der Waals surface area contributed by atoms with Gasteiger partial charge in [0.2, 0.25) is 11.8 Å². The average molecular weight is 488 g/mol. The molecule has 1 aromatic carbocycles. The van der Waals surface area contributed by atoms with Crippen molar-refractivity contribution >= 4 is 17.7 Å². The fourth-order valence-corrected chi connectivity index (χ4v) is 4.45. The van der Waals surface area contributed by atoms with Crippen LogP contribution in [0, 0.1) is 17.2 Å². The molecule has 5 nitrogen and oxygen atoms in total. The van der Waals surface area contributed by atoms with Gasteiger partial charge in [-0.05, 0) is 75.0 Å². The van der Waals surface area contributed by atoms with Gasteiger partial charge in [-0.1, -0.05) is 0 Å². The van der Waals surface area contributed by atoms with E-state index in [4.69, 9.17) is 4.74 Å². The number of nitriles is 1. The zero-order chi connectivity index (χ0) is 24.1. The Morgan fingerprint density at radius 2 is 1.88 bits per heavy atom. The SMILES string of the molecule is CSc1ccc(OC(F)(F)CN[C@@H](CC(F)(F)CC2CC2)C(=O)NC2(C#N)CCCC2)cc1. The van der Waals surface area contributed by atoms with E-state index in [9.17, 15) is 27.6 Å². The van der Waals surface area contributed by atoms with E-state index < -0.39 is 42.5 Å². The van der Waals surface area contributed by atoms with Gasteiger partial charge < -0.3 is 10.1 Å². The van der Waals surface area contributed by atoms with Crippen LogP contribution in [-0.2, 0) is 4.79 Å². The van der Waals surface area contributed by atoms with E-state index in [0.29, 0.717) is 25.7 Å². The van der Waals surface area contributed by atoms with Gasteiger partial charge in [0.15, 0.2) is 0 Å². The van der Waals surface area contributed by atoms with Gasteiger partial charge in [-0.3, -0.25) is 10.1 Å². The van der Waals surface area contributed by atoms with Crippen LogP contribution < -0.4 is 15.4 Å². The second-order valence-electron chi connectivity index (χ2n) is 8.95. The van der Waals surface area contributed by atoms with Crippen molar-refractivity contribution in [2.45, 2.75) is 79.9 Å². The Labute approximate surface area is 195 Å². The summed E-state index contributed by atoms with van der Waals surface area (Å²) in [6.45, 7) is -1.13. The molecular weight excluding hydrogens is 458 g/mol. The molecule has 33 heavy (non-hydrogen) atoms. The fraction of sp³-hybridized carbons (Fsp3) is 0.652. The molecule has 1 amide bonds. The lowest BCUT2D eigenvalue weighted by atomic mass is 9.97. The van der Waals surface area contributed by atoms with Crippen LogP contribution in [0.2, 0.25) is 0 Å². The van der Waals surface area contributed by atoms with E-state index in [1.165, 1.54) is 23.9 Å². The molecule has 0 aliphatic heterocycles. The summed E-state index contributed by atoms with van der Waals surface area (Å²) in [5.74, 6) is -4.23. The molecule has 2 N–H and O–H groups in total. The van der Waals surface area contributed by atoms with E-state index in [1.54, 1.807) is 12.1 Å². The largest absolute Gasteiger partial charge is 0.432 e. The molecule has 2 fully saturated rings. The number of hydrogen-bond donors (Lipinski definition) is 2. The third-order valence-corrected chi connectivity index (χ3v) is 6.76. The highest BCUT2D eigenvalue weighted by Crippen LogP contribution is 2.41. The number of carbonyl (C=O) groups is 1. The first-order valence-corrected chi connectivity index (χ1v) is 12.3. The second-order valence-corrected chi connectivity index (χ2v) is 9.83. The van der Waals surface area contributed by atoms with Crippen LogP contribution in [0.5, 0.6) is 5.75 Å². The van der Waals surface area contributed by atoms with Crippen molar-refractivity contribution < 1.29 is 27.1 Å². The van der Waals surface area contributed by atoms with Gasteiger partial charge in [0.05, 0.1) is 12.1 Å². The van der Waals surface area contributed by atoms with Crippen molar-refractivity contribution in [3.63, 3.8) is 0 Å². The van der Waals surface area contributed by atoms with E-state index >= 15 is 0 Å². The Balaban J connectivity index is 1.66. The van der Waals surface area contributed by atoms with Gasteiger partial charge in [-0.2, -0.15) is 14.0 Å². The zero-order valence-electron chi connectivity index (χ0n) is 18.5. The number of benzene rings is 1. The molecule has 2 aliphatic rings. The Morgan fingerprint density at radius 3 is 2.42 bits per heavy atom. The summed E-state index contributed by atoms with van der Waals surface area (Å²) < 4.78 is 62.7. The summed E-state index contributed by atoms with van der Waals surface area (Å²) in [4.78, 5) is 13.7. The third-order valence-electron chi connectivity index (χ3n) is 6.02. The number of nitrogens with one attached hydrogen (secondary N) is 2. The van der Waals surface area contributed by atoms with Crippen LogP contribution >= 0.6 is 11.8 Å². The molecule has 0 aromatic heterocycles. The first kappa shape index (κ1) is 25.6. The monoisotopic (exact) mass is 487 g/mol. The van der Waals surface area contributed by atoms with Crippen LogP contribution in [0.3, 0.4) is 0 Å². The lowest BCUT2D eigenvalue weighted by Crippen LogP contribution is -2.56. The number of hydrogen-bond acceptors (Lipinski definition) is 5. The molecule has 182 valence electrons. The zero-order valence-corrected chi connectivity index (χ0v) is 19.3. The van der Waals surface area contributed by atoms with Crippen LogP contribution in [0.25, 0.3) is 0 Å². The lowest BCUT2D eigenvalue weighted by Gasteiger charge is -2.29. The molecule has 0 spiro atoms. The number of carbonyl (C=O) groups excluding carboxylic acids is 1. The van der Waals surface area contributed by atoms with Crippen LogP contribution in [0.15, 0.2) is 29.2 Å². The standard InChI is InChI=1S/C23H29F4N3O2S/c1-33-18-8-6-17(7-9-18)32-23(26,27)15-29-19(13-22(24,25)12-16-4-5-16)20(31)30-21(14-28)10-2-3-11-21/h6-9,16,19,29H,2-5,10-13,15H2,1H3,(H,30,31)/t19-/m0/s1. The maximum Gasteiger partial charge on any atom is 0.410 e. The van der Waals surface area contributed by atoms with Crippen LogP contribution in [0.1, 0.15) is 51.4 Å². The molecule has 0 radical (unpaired) electrons. The maximum absolute atomic E-state index is 14.5. The van der Waals surface area contributed by atoms with Crippen molar-refractivity contribution in [3.05, 3.63) is 24.3 Å². The van der Waals surface area contributed by atoms with E-state index in [0.717, 1.165) is 17.7 Å². The van der Waals surface area contributed by atoms with Crippen molar-refractivity contribution in [1.82, 2.24) is 10.6 Å². The molecule has 0 saturated heterocycles. The van der Waals surface area contributed by atoms with E-state index in [-0.39, 0.29) is 18.1 Å². The normalized spacial score (nSPS) is 19.0. The maximum atomic E-state index is 14.5. The van der Waals surface area contributed by atoms with Gasteiger partial charge in [-0.15, -0.1) is 11.8 Å². The Bertz CT molecular complexity index is 850. The summed E-state index contributed by atoms with van der Waals surface area (Å²) in [5.41, 5.74) is -1.14. The molecule has 2 aliphatic carbocycles. The smallest absolute Gasteiger partial charge is 0.410 e. The summed E-state index contributed by atoms with van der Waals surface area (Å²) in [6, 6.07) is 6.51. The average Bonchev–Trinajstić information content (AvgIpc) is 3.44. The third kappa shape index (κ3) is 7.78. The number of nitrogens with zero attached hydrogens (tertiary/aromatic N) is 1. The molecule has 1 atom stereocenters. The fourth-order valence-electron chi connectivity index (χ4n) is 4.04. The van der Waals surface area contributed by atoms with Crippen LogP contribution in [-0.4, -0.2) is 42.3 Å². The van der Waals surface area contributed by atoms with Crippen molar-refractivity contribution in [2.24, 2.45) is 5.92 Å². The molecule has 0 unspecified atom stereocenters. The lowest BCUT2D eigenvalue weighted by molar-refractivity contribution is -0.174. The molecule has 0 heterocycles. The van der Waals surface area contributed by atoms with E-state index in [2.05, 4.69) is 16.7 Å². The summed E-state index contributed by atoms with van der Waals surface area (Å²) in [7, 11) is 0. The molecule has 1 aromatic rings. The summed E-state index contributed by atoms with van der Waals surface area (Å²) in [6.07, 6.45) is 0.503. The quantitative estimate of drug-likeness (QED) is 0.316. The number of amides is 1. The minimum atomic E-state index is -3.73. The second kappa shape index (κ2) is 10.5. The molecule has 2 saturated carbocycles. The van der Waals surface area contributed by atoms with Crippen molar-refractivity contribution in [3.8, 4) is 11.8 Å². The molecular formula is C23H29F4N3O2S. The predicted octanol–water partition coefficient (Wildman–Crippen LogP) is 5.12. The number of ether oxygens (including phenoxy) is 1. The Kier molecular flexibility index (Phi) is 8.17.